The van der Waals surface area contributed by atoms with Crippen molar-refractivity contribution in [1.82, 2.24) is 14.9 Å². The first-order chi connectivity index (χ1) is 12.5. The van der Waals surface area contributed by atoms with Gasteiger partial charge >= 0.3 is 5.97 Å². The fourth-order valence-electron chi connectivity index (χ4n) is 2.29. The number of anilines is 2. The zero-order chi connectivity index (χ0) is 18.9. The standard InChI is InChI=1S/C19H24N4O3/c1-4-6-11-23(3)18(24)16-12-17(21-13-20-16)22-15-9-7-14(8-10-15)19(25)26-5-2/h7-10,12-13H,4-6,11H2,1-3H3,(H,20,21,22). The van der Waals surface area contributed by atoms with Crippen molar-refractivity contribution in [3.05, 3.63) is 47.9 Å². The SMILES string of the molecule is CCCCN(C)C(=O)c1cc(Nc2ccc(C(=O)OCC)cc2)ncn1. The molecule has 0 radical (unpaired) electrons. The number of nitrogens with zero attached hydrogens (tertiary/aromatic N) is 3. The summed E-state index contributed by atoms with van der Waals surface area (Å²) < 4.78 is 4.96. The molecule has 7 heteroatoms. The molecule has 0 aliphatic heterocycles. The van der Waals surface area contributed by atoms with E-state index in [2.05, 4.69) is 22.2 Å². The molecular weight excluding hydrogens is 332 g/mol. The molecule has 0 bridgehead atoms. The second-order valence-corrected chi connectivity index (χ2v) is 5.79. The molecule has 0 spiro atoms. The van der Waals surface area contributed by atoms with Gasteiger partial charge in [0.15, 0.2) is 0 Å². The molecule has 1 aromatic carbocycles. The number of rotatable bonds is 8. The average molecular weight is 356 g/mol. The number of ether oxygens (including phenoxy) is 1. The van der Waals surface area contributed by atoms with E-state index in [0.29, 0.717) is 30.2 Å². The number of hydrogen-bond donors (Lipinski definition) is 1. The number of amides is 1. The predicted octanol–water partition coefficient (Wildman–Crippen LogP) is 3.27. The van der Waals surface area contributed by atoms with Crippen LogP contribution in [-0.4, -0.2) is 46.9 Å². The van der Waals surface area contributed by atoms with Gasteiger partial charge in [0, 0.05) is 25.3 Å². The zero-order valence-corrected chi connectivity index (χ0v) is 15.4. The predicted molar refractivity (Wildman–Crippen MR) is 99.6 cm³/mol. The van der Waals surface area contributed by atoms with Crippen LogP contribution in [0.25, 0.3) is 0 Å². The lowest BCUT2D eigenvalue weighted by atomic mass is 10.2. The van der Waals surface area contributed by atoms with Crippen molar-refractivity contribution < 1.29 is 14.3 Å². The fraction of sp³-hybridized carbons (Fsp3) is 0.368. The third kappa shape index (κ3) is 5.27. The highest BCUT2D eigenvalue weighted by molar-refractivity contribution is 5.93. The molecule has 0 fully saturated rings. The number of carbonyl (C=O) groups excluding carboxylic acids is 2. The van der Waals surface area contributed by atoms with E-state index in [1.54, 1.807) is 49.2 Å². The smallest absolute Gasteiger partial charge is 0.338 e. The summed E-state index contributed by atoms with van der Waals surface area (Å²) in [5.74, 6) is 0.0155. The number of hydrogen-bond acceptors (Lipinski definition) is 6. The average Bonchev–Trinajstić information content (AvgIpc) is 2.66. The minimum atomic E-state index is -0.357. The lowest BCUT2D eigenvalue weighted by Gasteiger charge is -2.16. The van der Waals surface area contributed by atoms with Gasteiger partial charge in [0.2, 0.25) is 0 Å². The van der Waals surface area contributed by atoms with E-state index < -0.39 is 0 Å². The van der Waals surface area contributed by atoms with E-state index >= 15 is 0 Å². The van der Waals surface area contributed by atoms with Crippen molar-refractivity contribution in [3.8, 4) is 0 Å². The van der Waals surface area contributed by atoms with E-state index in [9.17, 15) is 9.59 Å². The zero-order valence-electron chi connectivity index (χ0n) is 15.4. The molecule has 1 aromatic heterocycles. The fourth-order valence-corrected chi connectivity index (χ4v) is 2.29. The molecule has 26 heavy (non-hydrogen) atoms. The van der Waals surface area contributed by atoms with Gasteiger partial charge < -0.3 is 15.0 Å². The Balaban J connectivity index is 2.06. The van der Waals surface area contributed by atoms with E-state index in [1.807, 2.05) is 0 Å². The van der Waals surface area contributed by atoms with E-state index in [-0.39, 0.29) is 11.9 Å². The summed E-state index contributed by atoms with van der Waals surface area (Å²) in [6, 6.07) is 8.47. The van der Waals surface area contributed by atoms with Gasteiger partial charge in [-0.3, -0.25) is 4.79 Å². The molecule has 0 aliphatic rings. The van der Waals surface area contributed by atoms with E-state index in [4.69, 9.17) is 4.74 Å². The van der Waals surface area contributed by atoms with Gasteiger partial charge in [0.1, 0.15) is 17.8 Å². The monoisotopic (exact) mass is 356 g/mol. The Morgan fingerprint density at radius 1 is 1.15 bits per heavy atom. The van der Waals surface area contributed by atoms with Crippen LogP contribution in [-0.2, 0) is 4.74 Å². The first-order valence-electron chi connectivity index (χ1n) is 8.66. The number of benzene rings is 1. The van der Waals surface area contributed by atoms with Crippen molar-refractivity contribution in [1.29, 1.82) is 0 Å². The molecule has 7 nitrogen and oxygen atoms in total. The van der Waals surface area contributed by atoms with Gasteiger partial charge in [-0.05, 0) is 37.6 Å². The maximum atomic E-state index is 12.4. The minimum Gasteiger partial charge on any atom is -0.462 e. The summed E-state index contributed by atoms with van der Waals surface area (Å²) in [5, 5.41) is 3.11. The second-order valence-electron chi connectivity index (χ2n) is 5.79. The van der Waals surface area contributed by atoms with Crippen LogP contribution in [0.2, 0.25) is 0 Å². The molecule has 0 aliphatic carbocycles. The maximum Gasteiger partial charge on any atom is 0.338 e. The first kappa shape index (κ1) is 19.4. The first-order valence-corrected chi connectivity index (χ1v) is 8.66. The molecule has 1 heterocycles. The molecule has 2 rings (SSSR count). The summed E-state index contributed by atoms with van der Waals surface area (Å²) in [6.45, 7) is 4.88. The Hall–Kier alpha value is -2.96. The molecule has 138 valence electrons. The van der Waals surface area contributed by atoms with Crippen LogP contribution in [0.1, 0.15) is 47.5 Å². The lowest BCUT2D eigenvalue weighted by molar-refractivity contribution is 0.0526. The van der Waals surface area contributed by atoms with Crippen LogP contribution in [0, 0.1) is 0 Å². The number of aromatic nitrogens is 2. The summed E-state index contributed by atoms with van der Waals surface area (Å²) in [4.78, 5) is 33.9. The highest BCUT2D eigenvalue weighted by Crippen LogP contribution is 2.16. The van der Waals surface area contributed by atoms with Crippen LogP contribution in [0.3, 0.4) is 0 Å². The molecular formula is C19H24N4O3. The van der Waals surface area contributed by atoms with Crippen LogP contribution in [0.4, 0.5) is 11.5 Å². The molecule has 1 amide bonds. The van der Waals surface area contributed by atoms with Gasteiger partial charge in [-0.2, -0.15) is 0 Å². The van der Waals surface area contributed by atoms with E-state index in [1.165, 1.54) is 6.33 Å². The van der Waals surface area contributed by atoms with Gasteiger partial charge in [0.25, 0.3) is 5.91 Å². The van der Waals surface area contributed by atoms with Crippen molar-refractivity contribution in [2.75, 3.05) is 25.5 Å². The molecule has 2 aromatic rings. The third-order valence-corrected chi connectivity index (χ3v) is 3.75. The molecule has 0 saturated carbocycles. The van der Waals surface area contributed by atoms with Crippen LogP contribution in [0.15, 0.2) is 36.7 Å². The lowest BCUT2D eigenvalue weighted by Crippen LogP contribution is -2.28. The largest absolute Gasteiger partial charge is 0.462 e. The quantitative estimate of drug-likeness (QED) is 0.731. The highest BCUT2D eigenvalue weighted by Gasteiger charge is 2.14. The van der Waals surface area contributed by atoms with Crippen LogP contribution in [0.5, 0.6) is 0 Å². The van der Waals surface area contributed by atoms with Gasteiger partial charge in [-0.15, -0.1) is 0 Å². The Kier molecular flexibility index (Phi) is 7.08. The summed E-state index contributed by atoms with van der Waals surface area (Å²) in [5.41, 5.74) is 1.56. The number of esters is 1. The summed E-state index contributed by atoms with van der Waals surface area (Å²) >= 11 is 0. The van der Waals surface area contributed by atoms with Crippen LogP contribution < -0.4 is 5.32 Å². The Labute approximate surface area is 153 Å². The van der Waals surface area contributed by atoms with Gasteiger partial charge in [-0.25, -0.2) is 14.8 Å². The highest BCUT2D eigenvalue weighted by atomic mass is 16.5. The van der Waals surface area contributed by atoms with Crippen molar-refractivity contribution >= 4 is 23.4 Å². The summed E-state index contributed by atoms with van der Waals surface area (Å²) in [7, 11) is 1.77. The minimum absolute atomic E-state index is 0.137. The maximum absolute atomic E-state index is 12.4. The normalized spacial score (nSPS) is 10.3. The van der Waals surface area contributed by atoms with Crippen molar-refractivity contribution in [2.24, 2.45) is 0 Å². The van der Waals surface area contributed by atoms with Gasteiger partial charge in [-0.1, -0.05) is 13.3 Å². The molecule has 0 atom stereocenters. The Morgan fingerprint density at radius 2 is 1.88 bits per heavy atom. The van der Waals surface area contributed by atoms with Crippen molar-refractivity contribution in [3.63, 3.8) is 0 Å². The molecule has 0 unspecified atom stereocenters. The number of nitrogens with one attached hydrogen (secondary N) is 1. The van der Waals surface area contributed by atoms with Crippen LogP contribution >= 0.6 is 0 Å². The Bertz CT molecular complexity index is 747. The topological polar surface area (TPSA) is 84.4 Å². The Morgan fingerprint density at radius 3 is 2.54 bits per heavy atom. The summed E-state index contributed by atoms with van der Waals surface area (Å²) in [6.07, 6.45) is 3.33. The van der Waals surface area contributed by atoms with Gasteiger partial charge in [0.05, 0.1) is 12.2 Å². The van der Waals surface area contributed by atoms with E-state index in [0.717, 1.165) is 18.5 Å². The number of carbonyl (C=O) groups is 2. The third-order valence-electron chi connectivity index (χ3n) is 3.75. The van der Waals surface area contributed by atoms with Crippen molar-refractivity contribution in [2.45, 2.75) is 26.7 Å². The molecule has 0 saturated heterocycles. The molecule has 1 N–H and O–H groups in total. The number of unbranched alkanes of at least 4 members (excludes halogenated alkanes) is 1. The second kappa shape index (κ2) is 9.50.